The predicted octanol–water partition coefficient (Wildman–Crippen LogP) is 3.34. The summed E-state index contributed by atoms with van der Waals surface area (Å²) in [7, 11) is 0. The highest BCUT2D eigenvalue weighted by Gasteiger charge is 2.25. The van der Waals surface area contributed by atoms with Gasteiger partial charge >= 0.3 is 0 Å². The molecule has 0 radical (unpaired) electrons. The minimum atomic E-state index is 0.0474. The van der Waals surface area contributed by atoms with Gasteiger partial charge in [0.05, 0.1) is 5.69 Å². The maximum atomic E-state index is 13.0. The third-order valence-electron chi connectivity index (χ3n) is 5.78. The predicted molar refractivity (Wildman–Crippen MR) is 112 cm³/mol. The minimum absolute atomic E-state index is 0.0474. The second-order valence-corrected chi connectivity index (χ2v) is 8.00. The van der Waals surface area contributed by atoms with Crippen LogP contribution in [0.3, 0.4) is 0 Å². The summed E-state index contributed by atoms with van der Waals surface area (Å²) in [5, 5.41) is 7.31. The van der Waals surface area contributed by atoms with Gasteiger partial charge in [-0.2, -0.15) is 5.10 Å². The number of piperidine rings is 1. The molecule has 1 aromatic heterocycles. The zero-order chi connectivity index (χ0) is 20.1. The van der Waals surface area contributed by atoms with Crippen molar-refractivity contribution in [2.75, 3.05) is 19.6 Å². The van der Waals surface area contributed by atoms with Crippen molar-refractivity contribution in [1.82, 2.24) is 20.0 Å². The molecule has 0 bridgehead atoms. The van der Waals surface area contributed by atoms with Crippen molar-refractivity contribution in [2.24, 2.45) is 5.92 Å². The van der Waals surface area contributed by atoms with Crippen LogP contribution in [0.1, 0.15) is 48.9 Å². The fourth-order valence-corrected chi connectivity index (χ4v) is 4.23. The second-order valence-electron chi connectivity index (χ2n) is 8.00. The molecule has 152 valence electrons. The fourth-order valence-electron chi connectivity index (χ4n) is 4.23. The van der Waals surface area contributed by atoms with Gasteiger partial charge < -0.3 is 10.2 Å². The summed E-state index contributed by atoms with van der Waals surface area (Å²) in [4.78, 5) is 27.1. The van der Waals surface area contributed by atoms with Crippen molar-refractivity contribution in [3.8, 4) is 5.69 Å². The van der Waals surface area contributed by atoms with Crippen LogP contribution in [0.25, 0.3) is 5.69 Å². The van der Waals surface area contributed by atoms with Crippen molar-refractivity contribution in [2.45, 2.75) is 38.5 Å². The Labute approximate surface area is 171 Å². The Kier molecular flexibility index (Phi) is 6.08. The van der Waals surface area contributed by atoms with E-state index in [2.05, 4.69) is 16.5 Å². The number of nitrogens with zero attached hydrogens (tertiary/aromatic N) is 3. The Bertz CT molecular complexity index is 888. The number of rotatable bonds is 6. The normalized spacial score (nSPS) is 19.1. The first kappa shape index (κ1) is 19.4. The molecule has 2 heterocycles. The number of nitrogens with one attached hydrogen (secondary N) is 1. The van der Waals surface area contributed by atoms with E-state index in [0.29, 0.717) is 31.0 Å². The van der Waals surface area contributed by atoms with Gasteiger partial charge in [0.1, 0.15) is 0 Å². The van der Waals surface area contributed by atoms with Crippen molar-refractivity contribution < 1.29 is 9.59 Å². The van der Waals surface area contributed by atoms with E-state index >= 15 is 0 Å². The van der Waals surface area contributed by atoms with E-state index in [1.165, 1.54) is 12.0 Å². The van der Waals surface area contributed by atoms with Crippen LogP contribution in [0.15, 0.2) is 54.4 Å². The largest absolute Gasteiger partial charge is 0.355 e. The average molecular weight is 393 g/mol. The van der Waals surface area contributed by atoms with Crippen LogP contribution in [-0.4, -0.2) is 46.1 Å². The molecule has 1 aliphatic heterocycles. The quantitative estimate of drug-likeness (QED) is 0.767. The van der Waals surface area contributed by atoms with Gasteiger partial charge in [-0.3, -0.25) is 9.59 Å². The van der Waals surface area contributed by atoms with Gasteiger partial charge in [-0.25, -0.2) is 4.68 Å². The summed E-state index contributed by atoms with van der Waals surface area (Å²) in [5.74, 6) is 0.461. The highest BCUT2D eigenvalue weighted by molar-refractivity contribution is 5.94. The molecule has 2 aliphatic rings. The first-order chi connectivity index (χ1) is 14.2. The molecule has 1 aliphatic carbocycles. The Morgan fingerprint density at radius 1 is 1.21 bits per heavy atom. The van der Waals surface area contributed by atoms with E-state index in [0.717, 1.165) is 37.9 Å². The molecule has 1 atom stereocenters. The van der Waals surface area contributed by atoms with Crippen molar-refractivity contribution in [1.29, 1.82) is 0 Å². The third kappa shape index (κ3) is 4.94. The van der Waals surface area contributed by atoms with E-state index < -0.39 is 0 Å². The monoisotopic (exact) mass is 392 g/mol. The second kappa shape index (κ2) is 9.07. The number of aromatic nitrogens is 2. The van der Waals surface area contributed by atoms with E-state index in [1.54, 1.807) is 10.9 Å². The van der Waals surface area contributed by atoms with Gasteiger partial charge in [-0.15, -0.1) is 0 Å². The molecule has 1 fully saturated rings. The summed E-state index contributed by atoms with van der Waals surface area (Å²) in [6.07, 6.45) is 11.6. The highest BCUT2D eigenvalue weighted by atomic mass is 16.2. The molecular formula is C23H28N4O2. The smallest absolute Gasteiger partial charge is 0.253 e. The average Bonchev–Trinajstić information content (AvgIpc) is 3.46. The van der Waals surface area contributed by atoms with Gasteiger partial charge in [-0.1, -0.05) is 17.7 Å². The topological polar surface area (TPSA) is 67.2 Å². The molecule has 2 amide bonds. The first-order valence-electron chi connectivity index (χ1n) is 10.5. The number of likely N-dealkylation sites (tertiary alicyclic amines) is 1. The molecule has 0 saturated carbocycles. The Morgan fingerprint density at radius 3 is 2.93 bits per heavy atom. The van der Waals surface area contributed by atoms with E-state index in [4.69, 9.17) is 0 Å². The summed E-state index contributed by atoms with van der Waals surface area (Å²) in [5.41, 5.74) is 2.82. The maximum Gasteiger partial charge on any atom is 0.253 e. The molecule has 29 heavy (non-hydrogen) atoms. The van der Waals surface area contributed by atoms with Gasteiger partial charge in [-0.05, 0) is 62.3 Å². The van der Waals surface area contributed by atoms with Gasteiger partial charge in [0.2, 0.25) is 5.91 Å². The van der Waals surface area contributed by atoms with Crippen LogP contribution < -0.4 is 5.32 Å². The summed E-state index contributed by atoms with van der Waals surface area (Å²) in [6, 6.07) is 9.44. The minimum Gasteiger partial charge on any atom is -0.355 e. The van der Waals surface area contributed by atoms with Crippen LogP contribution >= 0.6 is 0 Å². The maximum absolute atomic E-state index is 13.0. The van der Waals surface area contributed by atoms with Gasteiger partial charge in [0, 0.05) is 44.0 Å². The molecule has 6 heteroatoms. The zero-order valence-electron chi connectivity index (χ0n) is 16.7. The molecule has 1 aromatic carbocycles. The lowest BCUT2D eigenvalue weighted by Crippen LogP contribution is -2.43. The number of amides is 2. The summed E-state index contributed by atoms with van der Waals surface area (Å²) in [6.45, 7) is 2.10. The van der Waals surface area contributed by atoms with Crippen LogP contribution in [0, 0.1) is 5.92 Å². The number of benzene rings is 1. The van der Waals surface area contributed by atoms with Crippen molar-refractivity contribution in [3.05, 3.63) is 59.9 Å². The molecule has 1 unspecified atom stereocenters. The number of hydrogen-bond acceptors (Lipinski definition) is 3. The van der Waals surface area contributed by atoms with Crippen molar-refractivity contribution >= 4 is 11.8 Å². The number of hydrogen-bond donors (Lipinski definition) is 1. The van der Waals surface area contributed by atoms with E-state index in [1.807, 2.05) is 41.4 Å². The fraction of sp³-hybridized carbons (Fsp3) is 0.435. The molecule has 1 N–H and O–H groups in total. The first-order valence-corrected chi connectivity index (χ1v) is 10.5. The number of carbonyl (C=O) groups is 2. The van der Waals surface area contributed by atoms with Crippen LogP contribution in [-0.2, 0) is 4.79 Å². The molecule has 4 rings (SSSR count). The van der Waals surface area contributed by atoms with Crippen molar-refractivity contribution in [3.63, 3.8) is 0 Å². The lowest BCUT2D eigenvalue weighted by Gasteiger charge is -2.33. The van der Waals surface area contributed by atoms with E-state index in [-0.39, 0.29) is 11.8 Å². The van der Waals surface area contributed by atoms with E-state index in [9.17, 15) is 9.59 Å². The SMILES string of the molecule is O=C(CC1=CCCC1)NCC1CCCN(C(=O)c2cccc(-n3cccn3)c2)C1. The van der Waals surface area contributed by atoms with Crippen LogP contribution in [0.2, 0.25) is 0 Å². The third-order valence-corrected chi connectivity index (χ3v) is 5.78. The standard InChI is InChI=1S/C23H28N4O2/c28-22(14-18-6-1-2-7-18)24-16-19-8-4-12-26(17-19)23(29)20-9-3-10-21(15-20)27-13-5-11-25-27/h3,5-6,9-11,13,15,19H,1-2,4,7-8,12,14,16-17H2,(H,24,28). The Morgan fingerprint density at radius 2 is 2.14 bits per heavy atom. The Balaban J connectivity index is 1.32. The molecular weight excluding hydrogens is 364 g/mol. The molecule has 6 nitrogen and oxygen atoms in total. The number of allylic oxidation sites excluding steroid dienone is 1. The highest BCUT2D eigenvalue weighted by Crippen LogP contribution is 2.21. The summed E-state index contributed by atoms with van der Waals surface area (Å²) < 4.78 is 1.76. The van der Waals surface area contributed by atoms with Crippen LogP contribution in [0.5, 0.6) is 0 Å². The Hall–Kier alpha value is -2.89. The molecule has 0 spiro atoms. The van der Waals surface area contributed by atoms with Gasteiger partial charge in [0.15, 0.2) is 0 Å². The number of carbonyl (C=O) groups excluding carboxylic acids is 2. The lowest BCUT2D eigenvalue weighted by molar-refractivity contribution is -0.120. The zero-order valence-corrected chi connectivity index (χ0v) is 16.7. The lowest BCUT2D eigenvalue weighted by atomic mass is 9.97. The van der Waals surface area contributed by atoms with Gasteiger partial charge in [0.25, 0.3) is 5.91 Å². The van der Waals surface area contributed by atoms with Crippen LogP contribution in [0.4, 0.5) is 0 Å². The molecule has 2 aromatic rings. The summed E-state index contributed by atoms with van der Waals surface area (Å²) >= 11 is 0. The molecule has 1 saturated heterocycles.